The molecule has 0 amide bonds. The lowest BCUT2D eigenvalue weighted by atomic mass is 9.94. The Hall–Kier alpha value is 0.330. The Bertz CT molecular complexity index is 353. The second-order valence-corrected chi connectivity index (χ2v) is 10.4. The van der Waals surface area contributed by atoms with E-state index in [4.69, 9.17) is 0 Å². The molecule has 4 heteroatoms. The number of aliphatic hydroxyl groups excluding tert-OH is 1. The number of carbonyl (C=O) groups is 1. The molecule has 0 spiro atoms. The van der Waals surface area contributed by atoms with Crippen LogP contribution in [0.3, 0.4) is 0 Å². The van der Waals surface area contributed by atoms with Crippen LogP contribution in [0.1, 0.15) is 84.0 Å². The molecule has 23 heavy (non-hydrogen) atoms. The van der Waals surface area contributed by atoms with E-state index >= 15 is 0 Å². The minimum atomic E-state index is -0.414. The summed E-state index contributed by atoms with van der Waals surface area (Å²) in [7, 11) is 0. The third kappa shape index (κ3) is 6.28. The molecule has 1 N–H and O–H groups in total. The van der Waals surface area contributed by atoms with Crippen molar-refractivity contribution in [3.63, 3.8) is 0 Å². The summed E-state index contributed by atoms with van der Waals surface area (Å²) in [5.74, 6) is 2.67. The van der Waals surface area contributed by atoms with Crippen molar-refractivity contribution in [3.8, 4) is 0 Å². The fourth-order valence-corrected chi connectivity index (χ4v) is 7.36. The molecule has 1 aliphatic carbocycles. The summed E-state index contributed by atoms with van der Waals surface area (Å²) in [5.41, 5.74) is 0. The van der Waals surface area contributed by atoms with Gasteiger partial charge < -0.3 is 5.11 Å². The molecule has 2 atom stereocenters. The number of unbranched alkanes of at least 4 members (excludes halogenated alkanes) is 5. The molecular weight excluding hydrogens is 324 g/mol. The lowest BCUT2D eigenvalue weighted by Crippen LogP contribution is -2.35. The van der Waals surface area contributed by atoms with Gasteiger partial charge >= 0.3 is 0 Å². The molecule has 0 aromatic heterocycles. The van der Waals surface area contributed by atoms with Crippen molar-refractivity contribution in [2.75, 3.05) is 11.5 Å². The van der Waals surface area contributed by atoms with E-state index < -0.39 is 6.10 Å². The van der Waals surface area contributed by atoms with Gasteiger partial charge in [-0.15, -0.1) is 23.5 Å². The minimum absolute atomic E-state index is 0.0699. The van der Waals surface area contributed by atoms with E-state index in [9.17, 15) is 9.90 Å². The number of thioether (sulfide) groups is 2. The monoisotopic (exact) mass is 358 g/mol. The molecule has 2 fully saturated rings. The van der Waals surface area contributed by atoms with Gasteiger partial charge in [0.2, 0.25) is 0 Å². The first-order chi connectivity index (χ1) is 11.2. The van der Waals surface area contributed by atoms with Crippen molar-refractivity contribution in [2.45, 2.75) is 94.2 Å². The average molecular weight is 359 g/mol. The molecule has 1 saturated carbocycles. The highest BCUT2D eigenvalue weighted by atomic mass is 32.2. The fraction of sp³-hybridized carbons (Fsp3) is 0.947. The second kappa shape index (κ2) is 10.4. The van der Waals surface area contributed by atoms with Crippen LogP contribution >= 0.6 is 23.5 Å². The quantitative estimate of drug-likeness (QED) is 0.529. The van der Waals surface area contributed by atoms with Crippen LogP contribution in [0.25, 0.3) is 0 Å². The summed E-state index contributed by atoms with van der Waals surface area (Å²) in [6.45, 7) is 2.26. The number of hydrogen-bond acceptors (Lipinski definition) is 4. The third-order valence-corrected chi connectivity index (χ3v) is 8.75. The Labute approximate surface area is 150 Å². The van der Waals surface area contributed by atoms with Gasteiger partial charge in [-0.3, -0.25) is 4.79 Å². The minimum Gasteiger partial charge on any atom is -0.392 e. The number of carbonyl (C=O) groups excluding carboxylic acids is 1. The van der Waals surface area contributed by atoms with E-state index in [1.54, 1.807) is 0 Å². The molecule has 1 heterocycles. The Kier molecular flexibility index (Phi) is 8.84. The summed E-state index contributed by atoms with van der Waals surface area (Å²) >= 11 is 4.12. The molecule has 2 nitrogen and oxygen atoms in total. The summed E-state index contributed by atoms with van der Waals surface area (Å²) in [6.07, 6.45) is 13.4. The number of ketones is 1. The highest BCUT2D eigenvalue weighted by molar-refractivity contribution is 8.18. The van der Waals surface area contributed by atoms with E-state index in [2.05, 4.69) is 30.4 Å². The first-order valence-electron chi connectivity index (χ1n) is 9.65. The van der Waals surface area contributed by atoms with Gasteiger partial charge in [0.25, 0.3) is 0 Å². The molecule has 0 bridgehead atoms. The molecular formula is C19H34O2S2. The average Bonchev–Trinajstić information content (AvgIpc) is 2.98. The highest BCUT2D eigenvalue weighted by Gasteiger charge is 2.40. The molecule has 0 aromatic carbocycles. The lowest BCUT2D eigenvalue weighted by Gasteiger charge is -2.38. The zero-order valence-corrected chi connectivity index (χ0v) is 16.4. The van der Waals surface area contributed by atoms with Gasteiger partial charge in [0, 0.05) is 12.3 Å². The van der Waals surface area contributed by atoms with Gasteiger partial charge in [0.1, 0.15) is 5.78 Å². The van der Waals surface area contributed by atoms with E-state index in [0.717, 1.165) is 19.3 Å². The van der Waals surface area contributed by atoms with Crippen molar-refractivity contribution in [2.24, 2.45) is 5.92 Å². The maximum atomic E-state index is 11.9. The molecule has 134 valence electrons. The molecule has 0 aromatic rings. The predicted molar refractivity (Wildman–Crippen MR) is 103 cm³/mol. The largest absolute Gasteiger partial charge is 0.392 e. The van der Waals surface area contributed by atoms with Crippen molar-refractivity contribution in [1.29, 1.82) is 0 Å². The van der Waals surface area contributed by atoms with Gasteiger partial charge in [-0.2, -0.15) is 0 Å². The Morgan fingerprint density at radius 3 is 2.48 bits per heavy atom. The molecule has 1 saturated heterocycles. The van der Waals surface area contributed by atoms with Gasteiger partial charge in [0.05, 0.1) is 10.2 Å². The van der Waals surface area contributed by atoms with E-state index in [0.29, 0.717) is 12.2 Å². The standard InChI is InChI=1S/C19H34O2S2/c1-2-3-4-5-6-7-12-19(22-13-9-14-23-19)15-18(21)16-10-8-11-17(16)20/h16,18,21H,2-15H2,1H3/t16-,18-/m0/s1. The molecule has 1 aliphatic heterocycles. The number of hydrogen-bond donors (Lipinski definition) is 1. The van der Waals surface area contributed by atoms with Crippen LogP contribution in [0.5, 0.6) is 0 Å². The first-order valence-corrected chi connectivity index (χ1v) is 11.6. The Morgan fingerprint density at radius 2 is 1.83 bits per heavy atom. The van der Waals surface area contributed by atoms with Crippen LogP contribution < -0.4 is 0 Å². The topological polar surface area (TPSA) is 37.3 Å². The number of rotatable bonds is 10. The molecule has 2 aliphatic rings. The summed E-state index contributed by atoms with van der Waals surface area (Å²) < 4.78 is 0.172. The number of aliphatic hydroxyl groups is 1. The smallest absolute Gasteiger partial charge is 0.138 e. The maximum Gasteiger partial charge on any atom is 0.138 e. The summed E-state index contributed by atoms with van der Waals surface area (Å²) in [4.78, 5) is 11.9. The van der Waals surface area contributed by atoms with Crippen LogP contribution in [0.4, 0.5) is 0 Å². The van der Waals surface area contributed by atoms with Crippen LogP contribution in [0, 0.1) is 5.92 Å². The van der Waals surface area contributed by atoms with Crippen molar-refractivity contribution >= 4 is 29.3 Å². The summed E-state index contributed by atoms with van der Waals surface area (Å²) in [5, 5.41) is 10.7. The van der Waals surface area contributed by atoms with Crippen LogP contribution in [-0.4, -0.2) is 32.6 Å². The lowest BCUT2D eigenvalue weighted by molar-refractivity contribution is -0.123. The van der Waals surface area contributed by atoms with Crippen molar-refractivity contribution in [3.05, 3.63) is 0 Å². The highest BCUT2D eigenvalue weighted by Crippen LogP contribution is 2.50. The van der Waals surface area contributed by atoms with Gasteiger partial charge in [-0.1, -0.05) is 45.4 Å². The molecule has 0 radical (unpaired) electrons. The normalized spacial score (nSPS) is 25.7. The SMILES string of the molecule is CCCCCCCCC1(C[C@H](O)[C@H]2CCCC2=O)SCCCS1. The number of Topliss-reactive ketones (excluding diaryl/α,β-unsaturated/α-hetero) is 1. The van der Waals surface area contributed by atoms with Gasteiger partial charge in [-0.05, 0) is 43.6 Å². The predicted octanol–water partition coefficient (Wildman–Crippen LogP) is 5.42. The molecule has 0 unspecified atom stereocenters. The second-order valence-electron chi connectivity index (χ2n) is 7.22. The maximum absolute atomic E-state index is 11.9. The van der Waals surface area contributed by atoms with E-state index in [-0.39, 0.29) is 10.00 Å². The van der Waals surface area contributed by atoms with E-state index in [1.807, 2.05) is 0 Å². The van der Waals surface area contributed by atoms with Crippen LogP contribution in [-0.2, 0) is 4.79 Å². The Morgan fingerprint density at radius 1 is 1.13 bits per heavy atom. The van der Waals surface area contributed by atoms with Crippen LogP contribution in [0.2, 0.25) is 0 Å². The van der Waals surface area contributed by atoms with E-state index in [1.165, 1.54) is 62.9 Å². The summed E-state index contributed by atoms with van der Waals surface area (Å²) in [6, 6.07) is 0. The molecule has 2 rings (SSSR count). The van der Waals surface area contributed by atoms with Gasteiger partial charge in [0.15, 0.2) is 0 Å². The zero-order chi connectivity index (χ0) is 16.5. The first kappa shape index (κ1) is 19.7. The Balaban J connectivity index is 1.81. The van der Waals surface area contributed by atoms with Crippen LogP contribution in [0.15, 0.2) is 0 Å². The van der Waals surface area contributed by atoms with Crippen molar-refractivity contribution in [1.82, 2.24) is 0 Å². The third-order valence-electron chi connectivity index (χ3n) is 5.27. The fourth-order valence-electron chi connectivity index (χ4n) is 3.87. The van der Waals surface area contributed by atoms with Gasteiger partial charge in [-0.25, -0.2) is 0 Å². The zero-order valence-electron chi connectivity index (χ0n) is 14.7. The van der Waals surface area contributed by atoms with Crippen molar-refractivity contribution < 1.29 is 9.90 Å².